The van der Waals surface area contributed by atoms with E-state index in [1.54, 1.807) is 13.3 Å². The van der Waals surface area contributed by atoms with E-state index in [2.05, 4.69) is 28.9 Å². The lowest BCUT2D eigenvalue weighted by Gasteiger charge is -2.26. The Morgan fingerprint density at radius 3 is 2.91 bits per heavy atom. The Balaban J connectivity index is 1.91. The van der Waals surface area contributed by atoms with Crippen molar-refractivity contribution in [3.8, 4) is 0 Å². The maximum atomic E-state index is 12.7. The Bertz CT molecular complexity index is 481. The van der Waals surface area contributed by atoms with E-state index in [1.165, 1.54) is 0 Å². The van der Waals surface area contributed by atoms with Crippen molar-refractivity contribution in [1.82, 2.24) is 19.7 Å². The number of pyridine rings is 1. The molecule has 2 heterocycles. The number of aromatic nitrogens is 1. The Kier molecular flexibility index (Phi) is 6.95. The molecule has 1 aromatic heterocycles. The monoisotopic (exact) mass is 320 g/mol. The molecule has 6 nitrogen and oxygen atoms in total. The van der Waals surface area contributed by atoms with Gasteiger partial charge in [0.15, 0.2) is 0 Å². The van der Waals surface area contributed by atoms with E-state index in [0.29, 0.717) is 32.3 Å². The van der Waals surface area contributed by atoms with Crippen LogP contribution in [0.4, 0.5) is 0 Å². The standard InChI is InChI=1S/C17H28N4O2/c1-19(2)16-6-8-20(13-16)14-17(22)21(9-10-23-3)12-15-5-4-7-18-11-15/h4-5,7,11,16H,6,8-10,12-14H2,1-3H3/t16-/m1/s1. The quantitative estimate of drug-likeness (QED) is 0.705. The topological polar surface area (TPSA) is 48.9 Å². The lowest BCUT2D eigenvalue weighted by molar-refractivity contribution is -0.133. The van der Waals surface area contributed by atoms with E-state index in [4.69, 9.17) is 4.74 Å². The summed E-state index contributed by atoms with van der Waals surface area (Å²) >= 11 is 0. The molecule has 0 N–H and O–H groups in total. The Morgan fingerprint density at radius 2 is 2.30 bits per heavy atom. The molecule has 1 amide bonds. The number of rotatable bonds is 8. The van der Waals surface area contributed by atoms with E-state index >= 15 is 0 Å². The van der Waals surface area contributed by atoms with Crippen LogP contribution in [0.15, 0.2) is 24.5 Å². The van der Waals surface area contributed by atoms with Crippen molar-refractivity contribution < 1.29 is 9.53 Å². The number of likely N-dealkylation sites (tertiary alicyclic amines) is 1. The second kappa shape index (κ2) is 8.96. The molecule has 1 aliphatic rings. The number of ether oxygens (including phenoxy) is 1. The molecule has 0 saturated carbocycles. The average Bonchev–Trinajstić information content (AvgIpc) is 3.01. The number of hydrogen-bond acceptors (Lipinski definition) is 5. The number of carbonyl (C=O) groups excluding carboxylic acids is 1. The average molecular weight is 320 g/mol. The minimum Gasteiger partial charge on any atom is -0.383 e. The van der Waals surface area contributed by atoms with Crippen LogP contribution in [0.1, 0.15) is 12.0 Å². The van der Waals surface area contributed by atoms with Crippen LogP contribution in [0.25, 0.3) is 0 Å². The minimum atomic E-state index is 0.158. The van der Waals surface area contributed by atoms with Gasteiger partial charge in [-0.1, -0.05) is 6.07 Å². The zero-order chi connectivity index (χ0) is 16.7. The molecule has 0 unspecified atom stereocenters. The smallest absolute Gasteiger partial charge is 0.237 e. The summed E-state index contributed by atoms with van der Waals surface area (Å²) in [5.41, 5.74) is 1.05. The molecule has 6 heteroatoms. The molecule has 128 valence electrons. The number of amides is 1. The molecule has 2 rings (SSSR count). The molecule has 0 bridgehead atoms. The molecule has 0 aliphatic carbocycles. The fourth-order valence-electron chi connectivity index (χ4n) is 2.87. The van der Waals surface area contributed by atoms with Gasteiger partial charge in [0.05, 0.1) is 13.2 Å². The maximum absolute atomic E-state index is 12.7. The first kappa shape index (κ1) is 17.8. The molecule has 0 spiro atoms. The SMILES string of the molecule is COCCN(Cc1cccnc1)C(=O)CN1CC[C@@H](N(C)C)C1. The first-order valence-corrected chi connectivity index (χ1v) is 8.14. The van der Waals surface area contributed by atoms with Gasteiger partial charge >= 0.3 is 0 Å². The van der Waals surface area contributed by atoms with Gasteiger partial charge in [-0.05, 0) is 32.1 Å². The highest BCUT2D eigenvalue weighted by Crippen LogP contribution is 2.13. The second-order valence-corrected chi connectivity index (χ2v) is 6.31. The van der Waals surface area contributed by atoms with E-state index in [1.807, 2.05) is 23.2 Å². The molecular weight excluding hydrogens is 292 g/mol. The third-order valence-corrected chi connectivity index (χ3v) is 4.35. The van der Waals surface area contributed by atoms with Crippen molar-refractivity contribution in [2.75, 3.05) is 54.0 Å². The number of nitrogens with zero attached hydrogens (tertiary/aromatic N) is 4. The van der Waals surface area contributed by atoms with Crippen LogP contribution in [-0.4, -0.2) is 85.6 Å². The van der Waals surface area contributed by atoms with Gasteiger partial charge in [0.2, 0.25) is 5.91 Å². The first-order valence-electron chi connectivity index (χ1n) is 8.14. The zero-order valence-corrected chi connectivity index (χ0v) is 14.4. The molecule has 1 saturated heterocycles. The summed E-state index contributed by atoms with van der Waals surface area (Å²) in [4.78, 5) is 23.2. The van der Waals surface area contributed by atoms with Gasteiger partial charge in [0, 0.05) is 51.7 Å². The molecular formula is C17H28N4O2. The lowest BCUT2D eigenvalue weighted by atomic mass is 10.2. The van der Waals surface area contributed by atoms with Crippen LogP contribution < -0.4 is 0 Å². The summed E-state index contributed by atoms with van der Waals surface area (Å²) in [6, 6.07) is 4.45. The van der Waals surface area contributed by atoms with Crippen molar-refractivity contribution in [1.29, 1.82) is 0 Å². The second-order valence-electron chi connectivity index (χ2n) is 6.31. The van der Waals surface area contributed by atoms with Gasteiger partial charge < -0.3 is 14.5 Å². The Morgan fingerprint density at radius 1 is 1.48 bits per heavy atom. The van der Waals surface area contributed by atoms with Crippen LogP contribution in [0, 0.1) is 0 Å². The minimum absolute atomic E-state index is 0.158. The normalized spacial score (nSPS) is 18.5. The zero-order valence-electron chi connectivity index (χ0n) is 14.4. The first-order chi connectivity index (χ1) is 11.1. The highest BCUT2D eigenvalue weighted by atomic mass is 16.5. The number of hydrogen-bond donors (Lipinski definition) is 0. The molecule has 1 aliphatic heterocycles. The van der Waals surface area contributed by atoms with E-state index in [9.17, 15) is 4.79 Å². The van der Waals surface area contributed by atoms with Gasteiger partial charge in [0.1, 0.15) is 0 Å². The third kappa shape index (κ3) is 5.57. The van der Waals surface area contributed by atoms with Gasteiger partial charge in [-0.25, -0.2) is 0 Å². The van der Waals surface area contributed by atoms with Gasteiger partial charge in [0.25, 0.3) is 0 Å². The predicted molar refractivity (Wildman–Crippen MR) is 90.1 cm³/mol. The van der Waals surface area contributed by atoms with Crippen molar-refractivity contribution in [3.05, 3.63) is 30.1 Å². The molecule has 23 heavy (non-hydrogen) atoms. The van der Waals surface area contributed by atoms with Gasteiger partial charge in [-0.15, -0.1) is 0 Å². The Hall–Kier alpha value is -1.50. The van der Waals surface area contributed by atoms with Crippen LogP contribution in [-0.2, 0) is 16.1 Å². The number of likely N-dealkylation sites (N-methyl/N-ethyl adjacent to an activating group) is 1. The van der Waals surface area contributed by atoms with Crippen LogP contribution in [0.5, 0.6) is 0 Å². The fourth-order valence-corrected chi connectivity index (χ4v) is 2.87. The largest absolute Gasteiger partial charge is 0.383 e. The van der Waals surface area contributed by atoms with Crippen molar-refractivity contribution in [2.45, 2.75) is 19.0 Å². The summed E-state index contributed by atoms with van der Waals surface area (Å²) in [5.74, 6) is 0.158. The number of carbonyl (C=O) groups is 1. The molecule has 0 aromatic carbocycles. The van der Waals surface area contributed by atoms with Crippen molar-refractivity contribution >= 4 is 5.91 Å². The predicted octanol–water partition coefficient (Wildman–Crippen LogP) is 0.693. The molecule has 1 aromatic rings. The third-order valence-electron chi connectivity index (χ3n) is 4.35. The van der Waals surface area contributed by atoms with Gasteiger partial charge in [-0.3, -0.25) is 14.7 Å². The highest BCUT2D eigenvalue weighted by Gasteiger charge is 2.26. The lowest BCUT2D eigenvalue weighted by Crippen LogP contribution is -2.41. The van der Waals surface area contributed by atoms with Crippen molar-refractivity contribution in [2.24, 2.45) is 0 Å². The van der Waals surface area contributed by atoms with E-state index in [-0.39, 0.29) is 5.91 Å². The van der Waals surface area contributed by atoms with Gasteiger partial charge in [-0.2, -0.15) is 0 Å². The van der Waals surface area contributed by atoms with Crippen LogP contribution in [0.2, 0.25) is 0 Å². The van der Waals surface area contributed by atoms with E-state index in [0.717, 1.165) is 25.1 Å². The summed E-state index contributed by atoms with van der Waals surface area (Å²) < 4.78 is 5.15. The summed E-state index contributed by atoms with van der Waals surface area (Å²) in [7, 11) is 5.86. The summed E-state index contributed by atoms with van der Waals surface area (Å²) in [6.07, 6.45) is 4.68. The van der Waals surface area contributed by atoms with Crippen LogP contribution >= 0.6 is 0 Å². The number of methoxy groups -OCH3 is 1. The van der Waals surface area contributed by atoms with Crippen molar-refractivity contribution in [3.63, 3.8) is 0 Å². The molecule has 0 radical (unpaired) electrons. The highest BCUT2D eigenvalue weighted by molar-refractivity contribution is 5.78. The summed E-state index contributed by atoms with van der Waals surface area (Å²) in [6.45, 7) is 4.17. The summed E-state index contributed by atoms with van der Waals surface area (Å²) in [5, 5.41) is 0. The molecule has 1 fully saturated rings. The Labute approximate surface area is 139 Å². The maximum Gasteiger partial charge on any atom is 0.237 e. The van der Waals surface area contributed by atoms with Crippen LogP contribution in [0.3, 0.4) is 0 Å². The van der Waals surface area contributed by atoms with E-state index < -0.39 is 0 Å². The molecule has 1 atom stereocenters. The fraction of sp³-hybridized carbons (Fsp3) is 0.647.